The van der Waals surface area contributed by atoms with Crippen molar-refractivity contribution >= 4 is 17.8 Å². The van der Waals surface area contributed by atoms with Gasteiger partial charge in [0.15, 0.2) is 11.5 Å². The highest BCUT2D eigenvalue weighted by Crippen LogP contribution is 2.36. The van der Waals surface area contributed by atoms with Crippen molar-refractivity contribution in [1.82, 2.24) is 9.99 Å². The zero-order chi connectivity index (χ0) is 23.6. The third kappa shape index (κ3) is 4.87. The van der Waals surface area contributed by atoms with Gasteiger partial charge in [0.05, 0.1) is 16.8 Å². The lowest BCUT2D eigenvalue weighted by molar-refractivity contribution is -0.384. The maximum absolute atomic E-state index is 12.6. The molecule has 33 heavy (non-hydrogen) atoms. The third-order valence-corrected chi connectivity index (χ3v) is 5.25. The summed E-state index contributed by atoms with van der Waals surface area (Å²) in [6, 6.07) is 15.5. The van der Waals surface area contributed by atoms with Crippen molar-refractivity contribution in [2.24, 2.45) is 5.10 Å². The van der Waals surface area contributed by atoms with Crippen LogP contribution in [0.3, 0.4) is 0 Å². The maximum atomic E-state index is 12.6. The number of benzene rings is 2. The minimum atomic E-state index is -0.827. The molecule has 2 heterocycles. The van der Waals surface area contributed by atoms with Crippen LogP contribution in [-0.4, -0.2) is 34.3 Å². The SMILES string of the molecule is CC(C)(C)c1ccc2c(c1)O[C@@H](C(=O)N/N=C/c1cccn1-c1ccc([N+](=O)[O-])cc1)CO2. The van der Waals surface area contributed by atoms with Gasteiger partial charge < -0.3 is 14.0 Å². The van der Waals surface area contributed by atoms with Crippen LogP contribution in [0, 0.1) is 10.1 Å². The zero-order valence-electron chi connectivity index (χ0n) is 18.5. The van der Waals surface area contributed by atoms with Gasteiger partial charge in [-0.15, -0.1) is 0 Å². The Balaban J connectivity index is 1.42. The first kappa shape index (κ1) is 22.1. The van der Waals surface area contributed by atoms with Gasteiger partial charge in [0.2, 0.25) is 6.10 Å². The van der Waals surface area contributed by atoms with E-state index >= 15 is 0 Å². The molecule has 4 rings (SSSR count). The Morgan fingerprint density at radius 1 is 1.18 bits per heavy atom. The number of rotatable bonds is 5. The molecule has 0 aliphatic carbocycles. The quantitative estimate of drug-likeness (QED) is 0.361. The lowest BCUT2D eigenvalue weighted by Crippen LogP contribution is -2.42. The van der Waals surface area contributed by atoms with E-state index in [4.69, 9.17) is 9.47 Å². The molecule has 1 N–H and O–H groups in total. The van der Waals surface area contributed by atoms with Gasteiger partial charge in [0.25, 0.3) is 11.6 Å². The van der Waals surface area contributed by atoms with E-state index < -0.39 is 16.9 Å². The van der Waals surface area contributed by atoms with Crippen molar-refractivity contribution in [3.8, 4) is 17.2 Å². The van der Waals surface area contributed by atoms with Crippen LogP contribution in [0.15, 0.2) is 65.9 Å². The number of carbonyl (C=O) groups excluding carboxylic acids is 1. The second-order valence-corrected chi connectivity index (χ2v) is 8.64. The summed E-state index contributed by atoms with van der Waals surface area (Å²) < 4.78 is 13.4. The van der Waals surface area contributed by atoms with Gasteiger partial charge in [-0.3, -0.25) is 14.9 Å². The maximum Gasteiger partial charge on any atom is 0.284 e. The number of hydrazone groups is 1. The number of ether oxygens (including phenoxy) is 2. The largest absolute Gasteiger partial charge is 0.485 e. The topological polar surface area (TPSA) is 108 Å². The molecule has 0 bridgehead atoms. The highest BCUT2D eigenvalue weighted by atomic mass is 16.6. The molecule has 3 aromatic rings. The molecule has 1 atom stereocenters. The molecule has 1 aromatic heterocycles. The molecule has 1 amide bonds. The molecule has 9 nitrogen and oxygen atoms in total. The highest BCUT2D eigenvalue weighted by Gasteiger charge is 2.28. The third-order valence-electron chi connectivity index (χ3n) is 5.25. The molecule has 0 unspecified atom stereocenters. The first-order chi connectivity index (χ1) is 15.7. The average molecular weight is 448 g/mol. The highest BCUT2D eigenvalue weighted by molar-refractivity contribution is 5.84. The summed E-state index contributed by atoms with van der Waals surface area (Å²) in [6.07, 6.45) is 2.47. The minimum Gasteiger partial charge on any atom is -0.485 e. The number of amides is 1. The van der Waals surface area contributed by atoms with Gasteiger partial charge in [0, 0.05) is 24.0 Å². The second kappa shape index (κ2) is 8.78. The van der Waals surface area contributed by atoms with Crippen molar-refractivity contribution in [3.05, 3.63) is 82.2 Å². The van der Waals surface area contributed by atoms with E-state index in [1.807, 2.05) is 30.3 Å². The molecule has 1 aliphatic heterocycles. The Labute approximate surface area is 190 Å². The Morgan fingerprint density at radius 2 is 1.94 bits per heavy atom. The Hall–Kier alpha value is -4.14. The summed E-state index contributed by atoms with van der Waals surface area (Å²) in [6.45, 7) is 6.39. The lowest BCUT2D eigenvalue weighted by atomic mass is 9.87. The van der Waals surface area contributed by atoms with E-state index in [2.05, 4.69) is 31.3 Å². The summed E-state index contributed by atoms with van der Waals surface area (Å²) in [4.78, 5) is 23.0. The average Bonchev–Trinajstić information content (AvgIpc) is 3.26. The number of nitrogens with one attached hydrogen (secondary N) is 1. The molecule has 0 fully saturated rings. The van der Waals surface area contributed by atoms with E-state index in [1.165, 1.54) is 18.3 Å². The van der Waals surface area contributed by atoms with Gasteiger partial charge in [-0.25, -0.2) is 5.43 Å². The predicted octanol–water partition coefficient (Wildman–Crippen LogP) is 3.97. The minimum absolute atomic E-state index is 0.0132. The molecule has 0 saturated heterocycles. The molecular weight excluding hydrogens is 424 g/mol. The van der Waals surface area contributed by atoms with E-state index in [9.17, 15) is 14.9 Å². The Bertz CT molecular complexity index is 1210. The van der Waals surface area contributed by atoms with Gasteiger partial charge in [-0.05, 0) is 47.4 Å². The van der Waals surface area contributed by atoms with Crippen LogP contribution in [-0.2, 0) is 10.2 Å². The van der Waals surface area contributed by atoms with E-state index in [0.717, 1.165) is 11.3 Å². The number of nitrogens with zero attached hydrogens (tertiary/aromatic N) is 3. The van der Waals surface area contributed by atoms with Crippen LogP contribution in [0.4, 0.5) is 5.69 Å². The fraction of sp³-hybridized carbons (Fsp3) is 0.250. The lowest BCUT2D eigenvalue weighted by Gasteiger charge is -2.27. The standard InChI is InChI=1S/C24H24N4O5/c1-24(2,3)16-6-11-20-21(13-16)33-22(15-32-20)23(29)26-25-14-19-5-4-12-27(19)17-7-9-18(10-8-17)28(30)31/h4-14,22H,15H2,1-3H3,(H,26,29)/b25-14+/t22-/m1/s1. The summed E-state index contributed by atoms with van der Waals surface area (Å²) in [5.41, 5.74) is 4.94. The number of nitro groups is 1. The smallest absolute Gasteiger partial charge is 0.284 e. The van der Waals surface area contributed by atoms with E-state index in [1.54, 1.807) is 22.9 Å². The summed E-state index contributed by atoms with van der Waals surface area (Å²) in [5, 5.41) is 14.9. The number of fused-ring (bicyclic) bond motifs is 1. The Morgan fingerprint density at radius 3 is 2.64 bits per heavy atom. The first-order valence-corrected chi connectivity index (χ1v) is 10.4. The normalized spacial score (nSPS) is 15.4. The second-order valence-electron chi connectivity index (χ2n) is 8.64. The van der Waals surface area contributed by atoms with Crippen molar-refractivity contribution in [2.75, 3.05) is 6.61 Å². The molecule has 0 saturated carbocycles. The summed E-state index contributed by atoms with van der Waals surface area (Å²) in [5.74, 6) is 0.716. The van der Waals surface area contributed by atoms with Crippen molar-refractivity contribution < 1.29 is 19.2 Å². The van der Waals surface area contributed by atoms with Gasteiger partial charge in [-0.2, -0.15) is 5.10 Å². The van der Waals surface area contributed by atoms with Crippen LogP contribution in [0.25, 0.3) is 5.69 Å². The monoisotopic (exact) mass is 448 g/mol. The predicted molar refractivity (Wildman–Crippen MR) is 123 cm³/mol. The zero-order valence-corrected chi connectivity index (χ0v) is 18.5. The van der Waals surface area contributed by atoms with Crippen LogP contribution in [0.1, 0.15) is 32.0 Å². The van der Waals surface area contributed by atoms with Crippen LogP contribution in [0.5, 0.6) is 11.5 Å². The summed E-state index contributed by atoms with van der Waals surface area (Å²) >= 11 is 0. The fourth-order valence-electron chi connectivity index (χ4n) is 3.37. The van der Waals surface area contributed by atoms with Gasteiger partial charge in [-0.1, -0.05) is 26.8 Å². The number of aromatic nitrogens is 1. The number of hydrogen-bond donors (Lipinski definition) is 1. The van der Waals surface area contributed by atoms with Crippen LogP contribution < -0.4 is 14.9 Å². The molecule has 1 aliphatic rings. The van der Waals surface area contributed by atoms with Crippen molar-refractivity contribution in [1.29, 1.82) is 0 Å². The van der Waals surface area contributed by atoms with Crippen LogP contribution in [0.2, 0.25) is 0 Å². The van der Waals surface area contributed by atoms with Crippen LogP contribution >= 0.6 is 0 Å². The number of nitro benzene ring substituents is 1. The molecule has 170 valence electrons. The summed E-state index contributed by atoms with van der Waals surface area (Å²) in [7, 11) is 0. The Kier molecular flexibility index (Phi) is 5.87. The number of carbonyl (C=O) groups is 1. The molecule has 0 spiro atoms. The van der Waals surface area contributed by atoms with Crippen molar-refractivity contribution in [2.45, 2.75) is 32.3 Å². The van der Waals surface area contributed by atoms with E-state index in [-0.39, 0.29) is 17.7 Å². The van der Waals surface area contributed by atoms with Gasteiger partial charge in [0.1, 0.15) is 6.61 Å². The first-order valence-electron chi connectivity index (χ1n) is 10.4. The molecule has 2 aromatic carbocycles. The number of hydrogen-bond acceptors (Lipinski definition) is 6. The molecule has 0 radical (unpaired) electrons. The number of non-ortho nitro benzene ring substituents is 1. The van der Waals surface area contributed by atoms with Gasteiger partial charge >= 0.3 is 0 Å². The fourth-order valence-corrected chi connectivity index (χ4v) is 3.37. The van der Waals surface area contributed by atoms with Crippen molar-refractivity contribution in [3.63, 3.8) is 0 Å². The molecular formula is C24H24N4O5. The molecule has 9 heteroatoms. The van der Waals surface area contributed by atoms with E-state index in [0.29, 0.717) is 17.2 Å².